The van der Waals surface area contributed by atoms with Gasteiger partial charge in [-0.3, -0.25) is 14.5 Å². The molecule has 17 heavy (non-hydrogen) atoms. The molecule has 0 aliphatic carbocycles. The molecular weight excluding hydrogens is 236 g/mol. The minimum atomic E-state index is -0.0582. The topological polar surface area (TPSA) is 66.5 Å². The second-order valence-electron chi connectivity index (χ2n) is 4.21. The molecule has 5 nitrogen and oxygen atoms in total. The van der Waals surface area contributed by atoms with Gasteiger partial charge in [-0.25, -0.2) is 0 Å². The van der Waals surface area contributed by atoms with E-state index in [9.17, 15) is 4.79 Å². The van der Waals surface area contributed by atoms with Gasteiger partial charge in [0.25, 0.3) is 0 Å². The average Bonchev–Trinajstić information content (AvgIpc) is 2.60. The van der Waals surface area contributed by atoms with Crippen LogP contribution in [0.5, 0.6) is 0 Å². The molecule has 0 atom stereocenters. The third kappa shape index (κ3) is 2.08. The highest BCUT2D eigenvalue weighted by Gasteiger charge is 2.14. The van der Waals surface area contributed by atoms with Gasteiger partial charge in [0, 0.05) is 24.0 Å². The number of aromatic amines is 2. The van der Waals surface area contributed by atoms with Crippen LogP contribution in [0.3, 0.4) is 0 Å². The molecule has 90 valence electrons. The molecule has 0 aliphatic rings. The van der Waals surface area contributed by atoms with Crippen molar-refractivity contribution in [3.05, 3.63) is 33.0 Å². The van der Waals surface area contributed by atoms with Crippen LogP contribution >= 0.6 is 12.2 Å². The summed E-state index contributed by atoms with van der Waals surface area (Å²) >= 11 is 5.15. The van der Waals surface area contributed by atoms with Crippen LogP contribution in [0.4, 0.5) is 0 Å². The molecule has 0 bridgehead atoms. The van der Waals surface area contributed by atoms with Crippen LogP contribution < -0.4 is 5.43 Å². The molecule has 0 saturated carbocycles. The number of pyridine rings is 1. The summed E-state index contributed by atoms with van der Waals surface area (Å²) < 4.78 is 2.35. The molecule has 0 fully saturated rings. The lowest BCUT2D eigenvalue weighted by Gasteiger charge is -2.09. The van der Waals surface area contributed by atoms with E-state index in [2.05, 4.69) is 15.2 Å². The Balaban J connectivity index is 2.69. The predicted molar refractivity (Wildman–Crippen MR) is 68.6 cm³/mol. The van der Waals surface area contributed by atoms with Crippen LogP contribution in [0, 0.1) is 11.7 Å². The quantitative estimate of drug-likeness (QED) is 0.803. The van der Waals surface area contributed by atoms with Crippen molar-refractivity contribution in [3.8, 4) is 11.4 Å². The molecule has 0 radical (unpaired) electrons. The van der Waals surface area contributed by atoms with Crippen LogP contribution in [0.2, 0.25) is 0 Å². The van der Waals surface area contributed by atoms with Gasteiger partial charge in [-0.05, 0) is 33.0 Å². The number of hydrogen-bond acceptors (Lipinski definition) is 3. The van der Waals surface area contributed by atoms with Crippen molar-refractivity contribution in [3.63, 3.8) is 0 Å². The van der Waals surface area contributed by atoms with Crippen molar-refractivity contribution in [2.75, 3.05) is 0 Å². The first-order chi connectivity index (χ1) is 8.00. The molecule has 0 unspecified atom stereocenters. The van der Waals surface area contributed by atoms with Gasteiger partial charge in [0.1, 0.15) is 0 Å². The Hall–Kier alpha value is -1.69. The summed E-state index contributed by atoms with van der Waals surface area (Å²) in [5.74, 6) is 0.575. The van der Waals surface area contributed by atoms with E-state index >= 15 is 0 Å². The third-order valence-corrected chi connectivity index (χ3v) is 2.81. The maximum absolute atomic E-state index is 11.9. The van der Waals surface area contributed by atoms with Crippen LogP contribution in [-0.4, -0.2) is 19.7 Å². The number of aryl methyl sites for hydroxylation is 1. The zero-order chi connectivity index (χ0) is 12.6. The fraction of sp³-hybridized carbons (Fsp3) is 0.364. The van der Waals surface area contributed by atoms with Crippen LogP contribution in [0.15, 0.2) is 17.1 Å². The van der Waals surface area contributed by atoms with E-state index in [0.29, 0.717) is 16.2 Å². The maximum Gasteiger partial charge on any atom is 0.195 e. The predicted octanol–water partition coefficient (Wildman–Crippen LogP) is 2.19. The van der Waals surface area contributed by atoms with E-state index in [0.717, 1.165) is 5.69 Å². The Kier molecular flexibility index (Phi) is 2.97. The molecular formula is C11H14N4OS. The van der Waals surface area contributed by atoms with E-state index in [1.54, 1.807) is 12.3 Å². The fourth-order valence-electron chi connectivity index (χ4n) is 1.72. The van der Waals surface area contributed by atoms with Gasteiger partial charge in [-0.15, -0.1) is 0 Å². The summed E-state index contributed by atoms with van der Waals surface area (Å²) in [4.78, 5) is 14.9. The van der Waals surface area contributed by atoms with Gasteiger partial charge in [0.05, 0.1) is 5.56 Å². The molecule has 0 aromatic carbocycles. The molecule has 0 spiro atoms. The zero-order valence-corrected chi connectivity index (χ0v) is 10.8. The number of hydrogen-bond donors (Lipinski definition) is 2. The summed E-state index contributed by atoms with van der Waals surface area (Å²) in [7, 11) is 0. The Morgan fingerprint density at radius 3 is 2.76 bits per heavy atom. The van der Waals surface area contributed by atoms with Gasteiger partial charge in [0.2, 0.25) is 0 Å². The summed E-state index contributed by atoms with van der Waals surface area (Å²) in [6.45, 7) is 5.83. The highest BCUT2D eigenvalue weighted by molar-refractivity contribution is 7.71. The lowest BCUT2D eigenvalue weighted by molar-refractivity contribution is 0.596. The normalized spacial score (nSPS) is 11.1. The number of H-pyrrole nitrogens is 2. The number of nitrogens with one attached hydrogen (secondary N) is 2. The highest BCUT2D eigenvalue weighted by atomic mass is 32.1. The first kappa shape index (κ1) is 11.8. The Morgan fingerprint density at radius 2 is 2.18 bits per heavy atom. The summed E-state index contributed by atoms with van der Waals surface area (Å²) in [6.07, 6.45) is 1.67. The van der Waals surface area contributed by atoms with Crippen LogP contribution in [0.1, 0.15) is 25.6 Å². The summed E-state index contributed by atoms with van der Waals surface area (Å²) in [5, 5.41) is 6.85. The standard InChI is InChI=1S/C11H14N4OS/c1-6(2)15-10(13-14-11(15)17)8-5-12-7(3)4-9(8)16/h4-6H,1-3H3,(H,12,16)(H,14,17). The van der Waals surface area contributed by atoms with E-state index < -0.39 is 0 Å². The second-order valence-corrected chi connectivity index (χ2v) is 4.60. The largest absolute Gasteiger partial charge is 0.364 e. The zero-order valence-electron chi connectivity index (χ0n) is 9.94. The average molecular weight is 250 g/mol. The third-order valence-electron chi connectivity index (χ3n) is 2.52. The Bertz CT molecular complexity index is 650. The van der Waals surface area contributed by atoms with Gasteiger partial charge in [-0.2, -0.15) is 5.10 Å². The Morgan fingerprint density at radius 1 is 1.47 bits per heavy atom. The smallest absolute Gasteiger partial charge is 0.195 e. The first-order valence-electron chi connectivity index (χ1n) is 5.37. The van der Waals surface area contributed by atoms with E-state index in [-0.39, 0.29) is 11.5 Å². The molecule has 6 heteroatoms. The van der Waals surface area contributed by atoms with Gasteiger partial charge < -0.3 is 4.98 Å². The number of aromatic nitrogens is 4. The number of nitrogens with zero attached hydrogens (tertiary/aromatic N) is 2. The lowest BCUT2D eigenvalue weighted by Crippen LogP contribution is -2.11. The van der Waals surface area contributed by atoms with Crippen molar-refractivity contribution in [1.29, 1.82) is 0 Å². The first-order valence-corrected chi connectivity index (χ1v) is 5.78. The molecule has 0 amide bonds. The van der Waals surface area contributed by atoms with Crippen molar-refractivity contribution in [2.45, 2.75) is 26.8 Å². The van der Waals surface area contributed by atoms with Crippen LogP contribution in [-0.2, 0) is 0 Å². The Labute approximate surface area is 104 Å². The van der Waals surface area contributed by atoms with Gasteiger partial charge >= 0.3 is 0 Å². The highest BCUT2D eigenvalue weighted by Crippen LogP contribution is 2.17. The SMILES string of the molecule is Cc1cc(=O)c(-c2n[nH]c(=S)n2C(C)C)c[nH]1. The van der Waals surface area contributed by atoms with E-state index in [1.807, 2.05) is 25.3 Å². The molecule has 2 N–H and O–H groups in total. The lowest BCUT2D eigenvalue weighted by atomic mass is 10.2. The van der Waals surface area contributed by atoms with Crippen molar-refractivity contribution in [2.24, 2.45) is 0 Å². The molecule has 2 heterocycles. The van der Waals surface area contributed by atoms with Crippen LogP contribution in [0.25, 0.3) is 11.4 Å². The maximum atomic E-state index is 11.9. The summed E-state index contributed by atoms with van der Waals surface area (Å²) in [5.41, 5.74) is 1.29. The summed E-state index contributed by atoms with van der Waals surface area (Å²) in [6, 6.07) is 1.70. The van der Waals surface area contributed by atoms with Crippen molar-refractivity contribution in [1.82, 2.24) is 19.7 Å². The van der Waals surface area contributed by atoms with E-state index in [4.69, 9.17) is 12.2 Å². The van der Waals surface area contributed by atoms with Gasteiger partial charge in [-0.1, -0.05) is 0 Å². The molecule has 0 saturated heterocycles. The van der Waals surface area contributed by atoms with Gasteiger partial charge in [0.15, 0.2) is 16.0 Å². The minimum absolute atomic E-state index is 0.0582. The van der Waals surface area contributed by atoms with Crippen molar-refractivity contribution < 1.29 is 0 Å². The minimum Gasteiger partial charge on any atom is -0.364 e. The second kappa shape index (κ2) is 4.29. The monoisotopic (exact) mass is 250 g/mol. The molecule has 2 rings (SSSR count). The number of rotatable bonds is 2. The van der Waals surface area contributed by atoms with E-state index in [1.165, 1.54) is 0 Å². The molecule has 2 aromatic rings. The molecule has 0 aliphatic heterocycles. The van der Waals surface area contributed by atoms with Crippen molar-refractivity contribution >= 4 is 12.2 Å². The fourth-order valence-corrected chi connectivity index (χ4v) is 2.06. The molecule has 2 aromatic heterocycles.